The van der Waals surface area contributed by atoms with E-state index in [9.17, 15) is 14.0 Å². The third-order valence-electron chi connectivity index (χ3n) is 3.56. The topological polar surface area (TPSA) is 79.3 Å². The fourth-order valence-corrected chi connectivity index (χ4v) is 2.64. The summed E-state index contributed by atoms with van der Waals surface area (Å²) in [7, 11) is 0. The van der Waals surface area contributed by atoms with Crippen LogP contribution in [-0.2, 0) is 17.9 Å². The Morgan fingerprint density at radius 3 is 2.75 bits per heavy atom. The van der Waals surface area contributed by atoms with Crippen molar-refractivity contribution in [2.45, 2.75) is 20.0 Å². The Kier molecular flexibility index (Phi) is 4.39. The highest BCUT2D eigenvalue weighted by Crippen LogP contribution is 2.21. The summed E-state index contributed by atoms with van der Waals surface area (Å²) in [4.78, 5) is 25.0. The molecule has 1 aromatic carbocycles. The highest BCUT2D eigenvalue weighted by Gasteiger charge is 2.22. The van der Waals surface area contributed by atoms with Gasteiger partial charge in [0.25, 0.3) is 0 Å². The van der Waals surface area contributed by atoms with Gasteiger partial charge in [-0.2, -0.15) is 5.10 Å². The lowest BCUT2D eigenvalue weighted by Gasteiger charge is -2.27. The normalized spacial score (nSPS) is 13.4. The quantitative estimate of drug-likeness (QED) is 0.873. The minimum atomic E-state index is -0.540. The molecule has 0 bridgehead atoms. The molecule has 1 aliphatic heterocycles. The van der Waals surface area contributed by atoms with Crippen molar-refractivity contribution in [3.8, 4) is 0 Å². The first kappa shape index (κ1) is 16.3. The minimum Gasteiger partial charge on any atom is -0.317 e. The van der Waals surface area contributed by atoms with Gasteiger partial charge < -0.3 is 15.5 Å². The predicted molar refractivity (Wildman–Crippen MR) is 87.4 cm³/mol. The van der Waals surface area contributed by atoms with Crippen molar-refractivity contribution < 1.29 is 14.0 Å². The summed E-state index contributed by atoms with van der Waals surface area (Å²) in [5.74, 6) is -0.277. The van der Waals surface area contributed by atoms with E-state index in [-0.39, 0.29) is 17.0 Å². The largest absolute Gasteiger partial charge is 0.322 e. The molecular formula is C15H15ClFN5O2. The van der Waals surface area contributed by atoms with Crippen LogP contribution in [-0.4, -0.2) is 33.2 Å². The first-order valence-corrected chi connectivity index (χ1v) is 7.65. The van der Waals surface area contributed by atoms with Gasteiger partial charge in [0.05, 0.1) is 23.8 Å². The summed E-state index contributed by atoms with van der Waals surface area (Å²) >= 11 is 5.71. The van der Waals surface area contributed by atoms with Crippen LogP contribution in [0.4, 0.5) is 20.7 Å². The molecule has 9 heteroatoms. The van der Waals surface area contributed by atoms with Crippen molar-refractivity contribution in [3.63, 3.8) is 0 Å². The maximum Gasteiger partial charge on any atom is 0.322 e. The maximum absolute atomic E-state index is 13.2. The van der Waals surface area contributed by atoms with Crippen molar-refractivity contribution in [1.82, 2.24) is 14.7 Å². The number of carbonyl (C=O) groups excluding carboxylic acids is 2. The molecule has 2 heterocycles. The lowest BCUT2D eigenvalue weighted by atomic mass is 10.3. The third kappa shape index (κ3) is 3.48. The van der Waals surface area contributed by atoms with Crippen LogP contribution >= 0.6 is 11.6 Å². The Bertz CT molecular complexity index is 807. The summed E-state index contributed by atoms with van der Waals surface area (Å²) in [6.07, 6.45) is 0. The van der Waals surface area contributed by atoms with E-state index in [1.807, 2.05) is 0 Å². The second-order valence-corrected chi connectivity index (χ2v) is 5.81. The van der Waals surface area contributed by atoms with Crippen LogP contribution in [0.2, 0.25) is 5.02 Å². The number of benzene rings is 1. The molecule has 1 aliphatic rings. The lowest BCUT2D eigenvalue weighted by Crippen LogP contribution is -2.40. The molecule has 7 nitrogen and oxygen atoms in total. The van der Waals surface area contributed by atoms with Crippen molar-refractivity contribution in [2.75, 3.05) is 17.2 Å². The number of halogens is 2. The van der Waals surface area contributed by atoms with E-state index < -0.39 is 5.82 Å². The van der Waals surface area contributed by atoms with E-state index in [1.165, 1.54) is 25.1 Å². The molecule has 24 heavy (non-hydrogen) atoms. The fraction of sp³-hybridized carbons (Fsp3) is 0.267. The van der Waals surface area contributed by atoms with Gasteiger partial charge in [-0.1, -0.05) is 11.6 Å². The van der Waals surface area contributed by atoms with Crippen LogP contribution in [0.3, 0.4) is 0 Å². The van der Waals surface area contributed by atoms with Gasteiger partial charge in [-0.3, -0.25) is 9.48 Å². The molecule has 0 saturated heterocycles. The second-order valence-electron chi connectivity index (χ2n) is 5.41. The number of amides is 3. The maximum atomic E-state index is 13.2. The Balaban J connectivity index is 1.68. The van der Waals surface area contributed by atoms with Crippen LogP contribution in [0.1, 0.15) is 12.6 Å². The SMILES string of the molecule is CC(=O)Nc1cc2n(n1)CCN(C(=O)Nc1ccc(F)c(Cl)c1)C2. The molecule has 0 atom stereocenters. The molecule has 1 aromatic heterocycles. The standard InChI is InChI=1S/C15H15ClFN5O2/c1-9(23)18-14-7-11-8-21(4-5-22(11)20-14)15(24)19-10-2-3-13(17)12(16)6-10/h2-3,6-7H,4-5,8H2,1H3,(H,19,24)(H,18,20,23). The summed E-state index contributed by atoms with van der Waals surface area (Å²) < 4.78 is 14.9. The molecular weight excluding hydrogens is 337 g/mol. The van der Waals surface area contributed by atoms with E-state index in [0.29, 0.717) is 31.1 Å². The minimum absolute atomic E-state index is 0.0514. The molecule has 126 valence electrons. The van der Waals surface area contributed by atoms with Gasteiger partial charge in [-0.25, -0.2) is 9.18 Å². The molecule has 2 N–H and O–H groups in total. The van der Waals surface area contributed by atoms with Crippen LogP contribution in [0.5, 0.6) is 0 Å². The Labute approximate surface area is 142 Å². The number of fused-ring (bicyclic) bond motifs is 1. The van der Waals surface area contributed by atoms with Crippen LogP contribution in [0, 0.1) is 5.82 Å². The summed E-state index contributed by atoms with van der Waals surface area (Å²) in [5, 5.41) is 9.51. The van der Waals surface area contributed by atoms with E-state index in [0.717, 1.165) is 5.69 Å². The van der Waals surface area contributed by atoms with Gasteiger partial charge in [0.1, 0.15) is 5.82 Å². The average molecular weight is 352 g/mol. The Morgan fingerprint density at radius 2 is 2.04 bits per heavy atom. The average Bonchev–Trinajstić information content (AvgIpc) is 2.91. The number of nitrogens with zero attached hydrogens (tertiary/aromatic N) is 3. The van der Waals surface area contributed by atoms with E-state index >= 15 is 0 Å². The number of hydrogen-bond donors (Lipinski definition) is 2. The number of rotatable bonds is 2. The number of anilines is 2. The number of aromatic nitrogens is 2. The number of hydrogen-bond acceptors (Lipinski definition) is 3. The summed E-state index contributed by atoms with van der Waals surface area (Å²) in [5.41, 5.74) is 1.24. The first-order valence-electron chi connectivity index (χ1n) is 7.27. The highest BCUT2D eigenvalue weighted by atomic mass is 35.5. The molecule has 3 rings (SSSR count). The van der Waals surface area contributed by atoms with Crippen LogP contribution < -0.4 is 10.6 Å². The highest BCUT2D eigenvalue weighted by molar-refractivity contribution is 6.31. The van der Waals surface area contributed by atoms with Gasteiger partial charge in [0, 0.05) is 25.2 Å². The zero-order valence-corrected chi connectivity index (χ0v) is 13.6. The molecule has 0 radical (unpaired) electrons. The lowest BCUT2D eigenvalue weighted by molar-refractivity contribution is -0.114. The van der Waals surface area contributed by atoms with Crippen molar-refractivity contribution >= 4 is 35.0 Å². The summed E-state index contributed by atoms with van der Waals surface area (Å²) in [6.45, 7) is 2.75. The molecule has 3 amide bonds. The molecule has 0 fully saturated rings. The van der Waals surface area contributed by atoms with Crippen molar-refractivity contribution in [2.24, 2.45) is 0 Å². The second kappa shape index (κ2) is 6.48. The van der Waals surface area contributed by atoms with Crippen molar-refractivity contribution in [3.05, 3.63) is 40.8 Å². The fourth-order valence-electron chi connectivity index (χ4n) is 2.46. The zero-order valence-electron chi connectivity index (χ0n) is 12.8. The number of urea groups is 1. The summed E-state index contributed by atoms with van der Waals surface area (Å²) in [6, 6.07) is 5.42. The predicted octanol–water partition coefficient (Wildman–Crippen LogP) is 2.68. The molecule has 2 aromatic rings. The third-order valence-corrected chi connectivity index (χ3v) is 3.85. The van der Waals surface area contributed by atoms with Gasteiger partial charge in [-0.15, -0.1) is 0 Å². The van der Waals surface area contributed by atoms with Crippen LogP contribution in [0.15, 0.2) is 24.3 Å². The van der Waals surface area contributed by atoms with E-state index in [1.54, 1.807) is 15.6 Å². The van der Waals surface area contributed by atoms with E-state index in [4.69, 9.17) is 11.6 Å². The number of nitrogens with one attached hydrogen (secondary N) is 2. The van der Waals surface area contributed by atoms with Gasteiger partial charge in [0.15, 0.2) is 5.82 Å². The Morgan fingerprint density at radius 1 is 1.25 bits per heavy atom. The molecule has 0 spiro atoms. The molecule has 0 unspecified atom stereocenters. The van der Waals surface area contributed by atoms with E-state index in [2.05, 4.69) is 15.7 Å². The van der Waals surface area contributed by atoms with Gasteiger partial charge in [-0.05, 0) is 18.2 Å². The molecule has 0 aliphatic carbocycles. The number of carbonyl (C=O) groups is 2. The smallest absolute Gasteiger partial charge is 0.317 e. The molecule has 0 saturated carbocycles. The monoisotopic (exact) mass is 351 g/mol. The van der Waals surface area contributed by atoms with Gasteiger partial charge in [0.2, 0.25) is 5.91 Å². The van der Waals surface area contributed by atoms with Gasteiger partial charge >= 0.3 is 6.03 Å². The first-order chi connectivity index (χ1) is 11.4. The van der Waals surface area contributed by atoms with Crippen LogP contribution in [0.25, 0.3) is 0 Å². The van der Waals surface area contributed by atoms with Crippen molar-refractivity contribution in [1.29, 1.82) is 0 Å². The Hall–Kier alpha value is -2.61. The zero-order chi connectivity index (χ0) is 17.3.